The summed E-state index contributed by atoms with van der Waals surface area (Å²) in [5.74, 6) is 0.857. The number of nitrogens with one attached hydrogen (secondary N) is 2. The van der Waals surface area contributed by atoms with Crippen LogP contribution in [0.2, 0.25) is 0 Å². The lowest BCUT2D eigenvalue weighted by atomic mass is 10.2. The number of carbonyl (C=O) groups is 1. The summed E-state index contributed by atoms with van der Waals surface area (Å²) in [7, 11) is -3.92. The fourth-order valence-electron chi connectivity index (χ4n) is 2.29. The molecule has 9 heteroatoms. The minimum absolute atomic E-state index is 0.00703. The van der Waals surface area contributed by atoms with Crippen LogP contribution in [0.25, 0.3) is 0 Å². The number of hydrogen-bond acceptors (Lipinski definition) is 6. The van der Waals surface area contributed by atoms with Crippen LogP contribution in [0.1, 0.15) is 6.92 Å². The first kappa shape index (κ1) is 18.0. The van der Waals surface area contributed by atoms with Crippen LogP contribution in [-0.4, -0.2) is 33.6 Å². The largest absolute Gasteiger partial charge is 0.494 e. The summed E-state index contributed by atoms with van der Waals surface area (Å²) >= 11 is 0. The first-order valence-corrected chi connectivity index (χ1v) is 9.41. The van der Waals surface area contributed by atoms with Crippen molar-refractivity contribution in [2.75, 3.05) is 13.2 Å². The molecule has 0 spiro atoms. The average molecular weight is 378 g/mol. The molecule has 2 aromatic rings. The van der Waals surface area contributed by atoms with Crippen LogP contribution < -0.4 is 24.5 Å². The monoisotopic (exact) mass is 378 g/mol. The van der Waals surface area contributed by atoms with Gasteiger partial charge in [-0.05, 0) is 43.3 Å². The molecule has 1 amide bonds. The number of ether oxygens (including phenoxy) is 3. The Morgan fingerprint density at radius 2 is 1.85 bits per heavy atom. The van der Waals surface area contributed by atoms with Crippen molar-refractivity contribution in [3.05, 3.63) is 48.5 Å². The molecule has 8 nitrogen and oxygen atoms in total. The first-order chi connectivity index (χ1) is 12.5. The molecule has 0 fully saturated rings. The highest BCUT2D eigenvalue weighted by molar-refractivity contribution is 7.89. The van der Waals surface area contributed by atoms with Crippen LogP contribution in [0.15, 0.2) is 53.4 Å². The van der Waals surface area contributed by atoms with Gasteiger partial charge in [0.15, 0.2) is 11.5 Å². The summed E-state index contributed by atoms with van der Waals surface area (Å²) in [6.07, 6.45) is -0.965. The molecular weight excluding hydrogens is 360 g/mol. The second kappa shape index (κ2) is 7.63. The lowest BCUT2D eigenvalue weighted by Crippen LogP contribution is -2.50. The summed E-state index contributed by atoms with van der Waals surface area (Å²) in [4.78, 5) is 14.2. The Bertz CT molecular complexity index is 882. The van der Waals surface area contributed by atoms with Crippen LogP contribution in [0.4, 0.5) is 0 Å². The van der Waals surface area contributed by atoms with Gasteiger partial charge in [0.1, 0.15) is 12.4 Å². The molecule has 1 aliphatic rings. The maximum atomic E-state index is 12.2. The highest BCUT2D eigenvalue weighted by Crippen LogP contribution is 2.30. The molecule has 0 saturated heterocycles. The van der Waals surface area contributed by atoms with Crippen molar-refractivity contribution >= 4 is 15.9 Å². The van der Waals surface area contributed by atoms with E-state index in [0.717, 1.165) is 0 Å². The molecule has 138 valence electrons. The molecule has 0 radical (unpaired) electrons. The molecule has 1 aliphatic heterocycles. The number of fused-ring (bicyclic) bond motifs is 1. The number of hydrazine groups is 1. The van der Waals surface area contributed by atoms with Crippen molar-refractivity contribution in [2.45, 2.75) is 17.9 Å². The number of hydrogen-bond donors (Lipinski definition) is 2. The third kappa shape index (κ3) is 4.06. The topological polar surface area (TPSA) is 103 Å². The summed E-state index contributed by atoms with van der Waals surface area (Å²) in [6.45, 7) is 2.29. The van der Waals surface area contributed by atoms with E-state index in [1.807, 2.05) is 11.8 Å². The van der Waals surface area contributed by atoms with Crippen LogP contribution in [0, 0.1) is 0 Å². The summed E-state index contributed by atoms with van der Waals surface area (Å²) in [6, 6.07) is 12.8. The van der Waals surface area contributed by atoms with Crippen molar-refractivity contribution < 1.29 is 27.4 Å². The molecule has 0 aromatic heterocycles. The third-order valence-corrected chi connectivity index (χ3v) is 4.82. The Labute approximate surface area is 151 Å². The van der Waals surface area contributed by atoms with E-state index in [0.29, 0.717) is 23.9 Å². The fraction of sp³-hybridized carbons (Fsp3) is 0.235. The number of para-hydroxylation sites is 2. The molecule has 26 heavy (non-hydrogen) atoms. The van der Waals surface area contributed by atoms with Gasteiger partial charge in [-0.15, -0.1) is 4.83 Å². The van der Waals surface area contributed by atoms with Gasteiger partial charge in [-0.25, -0.2) is 8.42 Å². The van der Waals surface area contributed by atoms with E-state index < -0.39 is 22.0 Å². The van der Waals surface area contributed by atoms with Crippen molar-refractivity contribution in [3.63, 3.8) is 0 Å². The zero-order chi connectivity index (χ0) is 18.6. The molecule has 0 unspecified atom stereocenters. The average Bonchev–Trinajstić information content (AvgIpc) is 2.66. The van der Waals surface area contributed by atoms with E-state index in [1.165, 1.54) is 24.3 Å². The number of benzene rings is 2. The second-order valence-corrected chi connectivity index (χ2v) is 7.05. The zero-order valence-electron chi connectivity index (χ0n) is 14.0. The van der Waals surface area contributed by atoms with Crippen LogP contribution >= 0.6 is 0 Å². The summed E-state index contributed by atoms with van der Waals surface area (Å²) in [5.41, 5.74) is 2.15. The Hall–Kier alpha value is -2.78. The van der Waals surface area contributed by atoms with Gasteiger partial charge in [-0.3, -0.25) is 10.2 Å². The van der Waals surface area contributed by atoms with E-state index in [4.69, 9.17) is 14.2 Å². The molecular formula is C17H18N2O6S. The van der Waals surface area contributed by atoms with Crippen LogP contribution in [-0.2, 0) is 14.8 Å². The molecule has 1 heterocycles. The van der Waals surface area contributed by atoms with Gasteiger partial charge in [-0.2, -0.15) is 0 Å². The second-order valence-electron chi connectivity index (χ2n) is 5.36. The van der Waals surface area contributed by atoms with Gasteiger partial charge in [-0.1, -0.05) is 12.1 Å². The molecule has 0 aliphatic carbocycles. The van der Waals surface area contributed by atoms with Crippen LogP contribution in [0.3, 0.4) is 0 Å². The van der Waals surface area contributed by atoms with Gasteiger partial charge in [0.05, 0.1) is 11.5 Å². The maximum Gasteiger partial charge on any atom is 0.279 e. The van der Waals surface area contributed by atoms with E-state index >= 15 is 0 Å². The lowest BCUT2D eigenvalue weighted by Gasteiger charge is -2.25. The molecule has 1 atom stereocenters. The Morgan fingerprint density at radius 3 is 2.54 bits per heavy atom. The highest BCUT2D eigenvalue weighted by Gasteiger charge is 2.28. The highest BCUT2D eigenvalue weighted by atomic mass is 32.2. The molecule has 3 rings (SSSR count). The van der Waals surface area contributed by atoms with Crippen molar-refractivity contribution in [1.29, 1.82) is 0 Å². The number of rotatable bonds is 6. The molecule has 2 N–H and O–H groups in total. The predicted octanol–water partition coefficient (Wildman–Crippen LogP) is 1.23. The Morgan fingerprint density at radius 1 is 1.15 bits per heavy atom. The fourth-order valence-corrected chi connectivity index (χ4v) is 3.13. The summed E-state index contributed by atoms with van der Waals surface area (Å²) in [5, 5.41) is 0. The van der Waals surface area contributed by atoms with Gasteiger partial charge in [0, 0.05) is 0 Å². The Kier molecular flexibility index (Phi) is 5.29. The van der Waals surface area contributed by atoms with Crippen LogP contribution in [0.5, 0.6) is 17.2 Å². The normalized spacial score (nSPS) is 16.0. The van der Waals surface area contributed by atoms with E-state index in [2.05, 4.69) is 5.43 Å². The van der Waals surface area contributed by atoms with E-state index in [1.54, 1.807) is 24.3 Å². The minimum Gasteiger partial charge on any atom is -0.494 e. The summed E-state index contributed by atoms with van der Waals surface area (Å²) < 4.78 is 40.7. The van der Waals surface area contributed by atoms with Crippen molar-refractivity contribution in [3.8, 4) is 17.2 Å². The van der Waals surface area contributed by atoms with E-state index in [-0.39, 0.29) is 11.5 Å². The SMILES string of the molecule is CCOc1ccc(S(=O)(=O)NNC(=O)[C@H]2COc3ccccc3O2)cc1. The number of sulfonamides is 1. The quantitative estimate of drug-likeness (QED) is 0.733. The van der Waals surface area contributed by atoms with Gasteiger partial charge < -0.3 is 14.2 Å². The predicted molar refractivity (Wildman–Crippen MR) is 92.4 cm³/mol. The van der Waals surface area contributed by atoms with Gasteiger partial charge in [0.25, 0.3) is 15.9 Å². The molecule has 2 aromatic carbocycles. The molecule has 0 saturated carbocycles. The van der Waals surface area contributed by atoms with Gasteiger partial charge in [0.2, 0.25) is 6.10 Å². The number of amides is 1. The zero-order valence-corrected chi connectivity index (χ0v) is 14.8. The molecule has 0 bridgehead atoms. The lowest BCUT2D eigenvalue weighted by molar-refractivity contribution is -0.130. The van der Waals surface area contributed by atoms with Gasteiger partial charge >= 0.3 is 0 Å². The third-order valence-electron chi connectivity index (χ3n) is 3.55. The number of carbonyl (C=O) groups excluding carboxylic acids is 1. The Balaban J connectivity index is 1.60. The maximum absolute atomic E-state index is 12.2. The van der Waals surface area contributed by atoms with E-state index in [9.17, 15) is 13.2 Å². The first-order valence-electron chi connectivity index (χ1n) is 7.92. The smallest absolute Gasteiger partial charge is 0.279 e. The standard InChI is InChI=1S/C17H18N2O6S/c1-2-23-12-7-9-13(10-8-12)26(21,22)19-18-17(20)16-11-24-14-5-3-4-6-15(14)25-16/h3-10,16,19H,2,11H2,1H3,(H,18,20)/t16-/m1/s1. The van der Waals surface area contributed by atoms with Crippen molar-refractivity contribution in [1.82, 2.24) is 10.3 Å². The van der Waals surface area contributed by atoms with Crippen molar-refractivity contribution in [2.24, 2.45) is 0 Å². The minimum atomic E-state index is -3.92.